The molecule has 6 heteroatoms. The number of benzene rings is 1. The Bertz CT molecular complexity index is 643. The zero-order chi connectivity index (χ0) is 23.8. The lowest BCUT2D eigenvalue weighted by Gasteiger charge is -2.30. The molecule has 6 nitrogen and oxygen atoms in total. The predicted molar refractivity (Wildman–Crippen MR) is 128 cm³/mol. The molecule has 1 unspecified atom stereocenters. The number of Topliss-reactive ketones (excluding diaryl/α,β-unsaturated/α-hetero) is 1. The fourth-order valence-electron chi connectivity index (χ4n) is 3.58. The third-order valence-corrected chi connectivity index (χ3v) is 5.89. The Morgan fingerprint density at radius 2 is 1.59 bits per heavy atom. The number of aliphatic carboxylic acids is 1. The Kier molecular flexibility index (Phi) is 13.9. The number of quaternary nitrogens is 1. The van der Waals surface area contributed by atoms with Crippen molar-refractivity contribution in [2.75, 3.05) is 47.0 Å². The molecular formula is C26H44NO5+. The molecule has 0 radical (unpaired) electrons. The van der Waals surface area contributed by atoms with Gasteiger partial charge in [-0.3, -0.25) is 9.59 Å². The van der Waals surface area contributed by atoms with Crippen molar-refractivity contribution in [1.82, 2.24) is 0 Å². The SMILES string of the molecule is CCCCCCCCc1ccc(OCCOCC[N+](C)(C)CCC(C(C)=O)C(=O)O)cc1. The third kappa shape index (κ3) is 12.8. The number of ether oxygens (including phenoxy) is 2. The first-order valence-corrected chi connectivity index (χ1v) is 12.1. The van der Waals surface area contributed by atoms with Crippen LogP contribution in [0.15, 0.2) is 24.3 Å². The minimum absolute atomic E-state index is 0.290. The van der Waals surface area contributed by atoms with Gasteiger partial charge in [0.15, 0.2) is 0 Å². The highest BCUT2D eigenvalue weighted by molar-refractivity contribution is 5.96. The van der Waals surface area contributed by atoms with E-state index in [9.17, 15) is 9.59 Å². The monoisotopic (exact) mass is 450 g/mol. The number of unbranched alkanes of at least 4 members (excludes halogenated alkanes) is 5. The number of likely N-dealkylation sites (N-methyl/N-ethyl adjacent to an activating group) is 1. The Morgan fingerprint density at radius 1 is 0.938 bits per heavy atom. The fourth-order valence-corrected chi connectivity index (χ4v) is 3.58. The van der Waals surface area contributed by atoms with Crippen molar-refractivity contribution in [3.05, 3.63) is 29.8 Å². The van der Waals surface area contributed by atoms with E-state index in [1.807, 2.05) is 26.2 Å². The molecule has 0 saturated carbocycles. The summed E-state index contributed by atoms with van der Waals surface area (Å²) in [6, 6.07) is 8.35. The van der Waals surface area contributed by atoms with Crippen LogP contribution >= 0.6 is 0 Å². The van der Waals surface area contributed by atoms with Gasteiger partial charge in [0.1, 0.15) is 30.6 Å². The second kappa shape index (κ2) is 15.8. The molecule has 182 valence electrons. The van der Waals surface area contributed by atoms with E-state index in [1.165, 1.54) is 51.0 Å². The molecule has 0 bridgehead atoms. The maximum absolute atomic E-state index is 11.4. The van der Waals surface area contributed by atoms with Gasteiger partial charge in [-0.05, 0) is 37.5 Å². The molecule has 0 spiro atoms. The van der Waals surface area contributed by atoms with Crippen molar-refractivity contribution in [2.45, 2.75) is 65.2 Å². The van der Waals surface area contributed by atoms with Gasteiger partial charge in [0.05, 0.1) is 33.9 Å². The summed E-state index contributed by atoms with van der Waals surface area (Å²) in [5, 5.41) is 9.13. The zero-order valence-electron chi connectivity index (χ0n) is 20.6. The predicted octanol–water partition coefficient (Wildman–Crippen LogP) is 4.74. The first-order chi connectivity index (χ1) is 15.2. The summed E-state index contributed by atoms with van der Waals surface area (Å²) < 4.78 is 12.1. The lowest BCUT2D eigenvalue weighted by atomic mass is 10.0. The summed E-state index contributed by atoms with van der Waals surface area (Å²) in [7, 11) is 4.04. The minimum Gasteiger partial charge on any atom is -0.491 e. The zero-order valence-corrected chi connectivity index (χ0v) is 20.6. The van der Waals surface area contributed by atoms with Crippen LogP contribution in [0.5, 0.6) is 5.75 Å². The molecule has 0 aliphatic carbocycles. The number of carboxylic acids is 1. The number of carbonyl (C=O) groups excluding carboxylic acids is 1. The first kappa shape index (κ1) is 28.1. The van der Waals surface area contributed by atoms with Crippen LogP contribution in [0.4, 0.5) is 0 Å². The number of ketones is 1. The molecule has 0 heterocycles. The maximum atomic E-state index is 11.4. The summed E-state index contributed by atoms with van der Waals surface area (Å²) >= 11 is 0. The van der Waals surface area contributed by atoms with Crippen LogP contribution < -0.4 is 4.74 Å². The van der Waals surface area contributed by atoms with E-state index in [-0.39, 0.29) is 5.78 Å². The average molecular weight is 451 g/mol. The summed E-state index contributed by atoms with van der Waals surface area (Å²) in [5.41, 5.74) is 1.36. The number of rotatable bonds is 19. The van der Waals surface area contributed by atoms with E-state index in [0.717, 1.165) is 18.7 Å². The first-order valence-electron chi connectivity index (χ1n) is 12.1. The Labute approximate surface area is 194 Å². The van der Waals surface area contributed by atoms with E-state index in [1.54, 1.807) is 0 Å². The fraction of sp³-hybridized carbons (Fsp3) is 0.692. The number of carboxylic acid groups (broad SMARTS) is 1. The van der Waals surface area contributed by atoms with Gasteiger partial charge in [-0.15, -0.1) is 0 Å². The standard InChI is InChI=1S/C26H43NO5/c1-5-6-7-8-9-10-11-23-12-14-24(15-13-23)32-21-20-31-19-18-27(3,4)17-16-25(22(2)28)26(29)30/h12-15,25H,5-11,16-21H2,1-4H3/p+1. The highest BCUT2D eigenvalue weighted by Gasteiger charge is 2.26. The molecule has 1 rings (SSSR count). The second-order valence-corrected chi connectivity index (χ2v) is 9.30. The number of hydrogen-bond donors (Lipinski definition) is 1. The van der Waals surface area contributed by atoms with Crippen molar-refractivity contribution in [1.29, 1.82) is 0 Å². The van der Waals surface area contributed by atoms with Gasteiger partial charge in [-0.25, -0.2) is 0 Å². The van der Waals surface area contributed by atoms with E-state index < -0.39 is 11.9 Å². The van der Waals surface area contributed by atoms with Crippen molar-refractivity contribution in [3.63, 3.8) is 0 Å². The molecule has 0 amide bonds. The van der Waals surface area contributed by atoms with E-state index >= 15 is 0 Å². The molecule has 1 N–H and O–H groups in total. The number of carbonyl (C=O) groups is 2. The van der Waals surface area contributed by atoms with Gasteiger partial charge >= 0.3 is 5.97 Å². The largest absolute Gasteiger partial charge is 0.491 e. The molecule has 32 heavy (non-hydrogen) atoms. The summed E-state index contributed by atoms with van der Waals surface area (Å²) in [6.45, 7) is 6.51. The Hall–Kier alpha value is -1.92. The van der Waals surface area contributed by atoms with Crippen LogP contribution in [0.3, 0.4) is 0 Å². The van der Waals surface area contributed by atoms with Crippen molar-refractivity contribution in [3.8, 4) is 5.75 Å². The molecular weight excluding hydrogens is 406 g/mol. The molecule has 0 aliphatic heterocycles. The van der Waals surface area contributed by atoms with Crippen LogP contribution in [0, 0.1) is 5.92 Å². The second-order valence-electron chi connectivity index (χ2n) is 9.30. The molecule has 0 aromatic heterocycles. The van der Waals surface area contributed by atoms with Crippen LogP contribution in [0.2, 0.25) is 0 Å². The minimum atomic E-state index is -1.04. The van der Waals surface area contributed by atoms with Crippen molar-refractivity contribution < 1.29 is 28.7 Å². The van der Waals surface area contributed by atoms with Crippen molar-refractivity contribution in [2.24, 2.45) is 5.92 Å². The van der Waals surface area contributed by atoms with E-state index in [4.69, 9.17) is 14.6 Å². The van der Waals surface area contributed by atoms with Gasteiger partial charge < -0.3 is 19.1 Å². The summed E-state index contributed by atoms with van der Waals surface area (Å²) in [4.78, 5) is 22.6. The van der Waals surface area contributed by atoms with Gasteiger partial charge in [0.2, 0.25) is 0 Å². The van der Waals surface area contributed by atoms with Crippen LogP contribution in [0.1, 0.15) is 64.4 Å². The Balaban J connectivity index is 2.15. The van der Waals surface area contributed by atoms with Gasteiger partial charge in [0, 0.05) is 6.42 Å². The number of hydrogen-bond acceptors (Lipinski definition) is 4. The average Bonchev–Trinajstić information content (AvgIpc) is 2.73. The smallest absolute Gasteiger partial charge is 0.314 e. The lowest BCUT2D eigenvalue weighted by molar-refractivity contribution is -0.891. The third-order valence-electron chi connectivity index (χ3n) is 5.89. The quantitative estimate of drug-likeness (QED) is 0.187. The molecule has 1 aromatic rings. The normalized spacial score (nSPS) is 12.5. The molecule has 1 atom stereocenters. The maximum Gasteiger partial charge on any atom is 0.314 e. The molecule has 0 aliphatic rings. The summed E-state index contributed by atoms with van der Waals surface area (Å²) in [5.74, 6) is -1.39. The lowest BCUT2D eigenvalue weighted by Crippen LogP contribution is -2.44. The van der Waals surface area contributed by atoms with E-state index in [2.05, 4.69) is 19.1 Å². The van der Waals surface area contributed by atoms with E-state index in [0.29, 0.717) is 37.3 Å². The van der Waals surface area contributed by atoms with Gasteiger partial charge in [-0.1, -0.05) is 51.2 Å². The Morgan fingerprint density at radius 3 is 2.22 bits per heavy atom. The number of aryl methyl sites for hydroxylation is 1. The topological polar surface area (TPSA) is 72.8 Å². The molecule has 0 fully saturated rings. The molecule has 0 saturated heterocycles. The highest BCUT2D eigenvalue weighted by Crippen LogP contribution is 2.15. The van der Waals surface area contributed by atoms with Crippen LogP contribution in [0.25, 0.3) is 0 Å². The number of nitrogens with zero attached hydrogens (tertiary/aromatic N) is 1. The van der Waals surface area contributed by atoms with Crippen LogP contribution in [-0.2, 0) is 20.7 Å². The van der Waals surface area contributed by atoms with Gasteiger partial charge in [0.25, 0.3) is 0 Å². The highest BCUT2D eigenvalue weighted by atomic mass is 16.5. The van der Waals surface area contributed by atoms with Gasteiger partial charge in [-0.2, -0.15) is 0 Å². The van der Waals surface area contributed by atoms with Crippen molar-refractivity contribution >= 4 is 11.8 Å². The summed E-state index contributed by atoms with van der Waals surface area (Å²) in [6.07, 6.45) is 9.36. The molecule has 1 aromatic carbocycles. The van der Waals surface area contributed by atoms with Crippen LogP contribution in [-0.4, -0.2) is 68.3 Å².